The molecule has 0 saturated carbocycles. The lowest BCUT2D eigenvalue weighted by atomic mass is 9.75. The van der Waals surface area contributed by atoms with Crippen LogP contribution in [0.3, 0.4) is 0 Å². The second-order valence-corrected chi connectivity index (χ2v) is 8.79. The Morgan fingerprint density at radius 2 is 1.57 bits per heavy atom. The first-order chi connectivity index (χ1) is 14.7. The molecule has 0 N–H and O–H groups in total. The molecule has 2 atom stereocenters. The number of Topliss-reactive ketones (excluding diaryl/α,β-unsaturated/α-hetero) is 1. The van der Waals surface area contributed by atoms with Crippen LogP contribution in [0.4, 0.5) is 0 Å². The molecule has 2 heterocycles. The Labute approximate surface area is 178 Å². The molecule has 30 heavy (non-hydrogen) atoms. The van der Waals surface area contributed by atoms with Crippen molar-refractivity contribution >= 4 is 16.6 Å². The molecule has 2 saturated heterocycles. The van der Waals surface area contributed by atoms with Crippen molar-refractivity contribution in [2.75, 3.05) is 7.11 Å². The quantitative estimate of drug-likeness (QED) is 0.503. The lowest BCUT2D eigenvalue weighted by Crippen LogP contribution is -2.52. The smallest absolute Gasteiger partial charge is 0.166 e. The predicted octanol–water partition coefficient (Wildman–Crippen LogP) is 5.86. The normalized spacial score (nSPS) is 24.0. The van der Waals surface area contributed by atoms with Crippen molar-refractivity contribution in [2.45, 2.75) is 50.7 Å². The van der Waals surface area contributed by atoms with E-state index >= 15 is 0 Å². The molecule has 3 heteroatoms. The maximum Gasteiger partial charge on any atom is 0.166 e. The summed E-state index contributed by atoms with van der Waals surface area (Å²) in [6, 6.07) is 23.8. The number of carbonyl (C=O) groups excluding carboxylic acids is 1. The molecule has 0 amide bonds. The van der Waals surface area contributed by atoms with E-state index in [1.165, 1.54) is 24.8 Å². The number of hydrogen-bond acceptors (Lipinski definition) is 3. The summed E-state index contributed by atoms with van der Waals surface area (Å²) >= 11 is 0. The van der Waals surface area contributed by atoms with E-state index in [4.69, 9.17) is 4.74 Å². The number of hydrogen-bond donors (Lipinski definition) is 0. The number of piperidine rings is 2. The van der Waals surface area contributed by atoms with Crippen LogP contribution in [-0.4, -0.2) is 29.9 Å². The van der Waals surface area contributed by atoms with Gasteiger partial charge in [-0.1, -0.05) is 61.0 Å². The minimum Gasteiger partial charge on any atom is -0.496 e. The summed E-state index contributed by atoms with van der Waals surface area (Å²) in [5, 5.41) is 2.03. The largest absolute Gasteiger partial charge is 0.496 e. The monoisotopic (exact) mass is 399 g/mol. The Balaban J connectivity index is 1.40. The van der Waals surface area contributed by atoms with E-state index in [0.29, 0.717) is 17.9 Å². The molecule has 0 radical (unpaired) electrons. The van der Waals surface area contributed by atoms with Gasteiger partial charge in [0.25, 0.3) is 0 Å². The van der Waals surface area contributed by atoms with Gasteiger partial charge < -0.3 is 4.74 Å². The lowest BCUT2D eigenvalue weighted by Gasteiger charge is -2.48. The molecule has 2 aliphatic heterocycles. The highest BCUT2D eigenvalue weighted by atomic mass is 16.5. The molecule has 3 nitrogen and oxygen atoms in total. The zero-order valence-corrected chi connectivity index (χ0v) is 17.6. The van der Waals surface area contributed by atoms with Gasteiger partial charge in [0, 0.05) is 35.5 Å². The Morgan fingerprint density at radius 1 is 0.900 bits per heavy atom. The fourth-order valence-electron chi connectivity index (χ4n) is 5.63. The number of benzene rings is 3. The first-order valence-corrected chi connectivity index (χ1v) is 11.1. The fourth-order valence-corrected chi connectivity index (χ4v) is 5.63. The third-order valence-electron chi connectivity index (χ3n) is 7.07. The van der Waals surface area contributed by atoms with Crippen LogP contribution < -0.4 is 4.74 Å². The number of fused-ring (bicyclic) bond motifs is 3. The molecule has 0 aliphatic carbocycles. The predicted molar refractivity (Wildman–Crippen MR) is 121 cm³/mol. The molecule has 0 aromatic heterocycles. The van der Waals surface area contributed by atoms with Crippen molar-refractivity contribution in [2.24, 2.45) is 5.92 Å². The van der Waals surface area contributed by atoms with E-state index in [0.717, 1.165) is 41.5 Å². The average Bonchev–Trinajstić information content (AvgIpc) is 2.78. The van der Waals surface area contributed by atoms with Gasteiger partial charge in [0.2, 0.25) is 0 Å². The van der Waals surface area contributed by atoms with Crippen LogP contribution in [0.2, 0.25) is 0 Å². The molecule has 5 rings (SSSR count). The van der Waals surface area contributed by atoms with E-state index in [2.05, 4.69) is 41.3 Å². The van der Waals surface area contributed by atoms with Crippen molar-refractivity contribution in [1.82, 2.24) is 4.90 Å². The van der Waals surface area contributed by atoms with Crippen LogP contribution in [0.5, 0.6) is 5.75 Å². The molecule has 3 aromatic carbocycles. The summed E-state index contributed by atoms with van der Waals surface area (Å²) in [5.41, 5.74) is 2.23. The van der Waals surface area contributed by atoms with Crippen LogP contribution in [0.25, 0.3) is 10.8 Å². The molecule has 3 aromatic rings. The van der Waals surface area contributed by atoms with E-state index in [1.54, 1.807) is 7.11 Å². The Hall–Kier alpha value is -2.65. The van der Waals surface area contributed by atoms with Crippen molar-refractivity contribution in [3.8, 4) is 5.75 Å². The molecular weight excluding hydrogens is 370 g/mol. The van der Waals surface area contributed by atoms with Gasteiger partial charge >= 0.3 is 0 Å². The Morgan fingerprint density at radius 3 is 2.27 bits per heavy atom. The van der Waals surface area contributed by atoms with Crippen molar-refractivity contribution in [3.63, 3.8) is 0 Å². The number of nitrogens with zero attached hydrogens (tertiary/aromatic N) is 1. The second-order valence-electron chi connectivity index (χ2n) is 8.79. The van der Waals surface area contributed by atoms with Crippen LogP contribution in [-0.2, 0) is 6.54 Å². The number of ether oxygens (including phenoxy) is 1. The highest BCUT2D eigenvalue weighted by Gasteiger charge is 2.40. The van der Waals surface area contributed by atoms with Crippen molar-refractivity contribution in [3.05, 3.63) is 77.9 Å². The molecule has 2 bridgehead atoms. The van der Waals surface area contributed by atoms with Crippen LogP contribution in [0.15, 0.2) is 66.7 Å². The summed E-state index contributed by atoms with van der Waals surface area (Å²) in [6.45, 7) is 1.00. The molecule has 0 spiro atoms. The summed E-state index contributed by atoms with van der Waals surface area (Å²) in [4.78, 5) is 16.3. The van der Waals surface area contributed by atoms with Gasteiger partial charge in [-0.25, -0.2) is 0 Å². The number of methoxy groups -OCH3 is 1. The van der Waals surface area contributed by atoms with Gasteiger partial charge in [0.15, 0.2) is 5.78 Å². The topological polar surface area (TPSA) is 29.5 Å². The minimum atomic E-state index is 0.115. The highest BCUT2D eigenvalue weighted by Crippen LogP contribution is 2.40. The Kier molecular flexibility index (Phi) is 5.30. The molecule has 154 valence electrons. The van der Waals surface area contributed by atoms with E-state index in [9.17, 15) is 4.79 Å². The first kappa shape index (κ1) is 19.3. The first-order valence-electron chi connectivity index (χ1n) is 11.1. The van der Waals surface area contributed by atoms with Gasteiger partial charge in [-0.15, -0.1) is 0 Å². The zero-order chi connectivity index (χ0) is 20.5. The third kappa shape index (κ3) is 3.52. The highest BCUT2D eigenvalue weighted by molar-refractivity contribution is 6.10. The van der Waals surface area contributed by atoms with Gasteiger partial charge in [-0.2, -0.15) is 0 Å². The summed E-state index contributed by atoms with van der Waals surface area (Å²) < 4.78 is 5.52. The van der Waals surface area contributed by atoms with Crippen LogP contribution in [0, 0.1) is 5.92 Å². The number of carbonyl (C=O) groups is 1. The lowest BCUT2D eigenvalue weighted by molar-refractivity contribution is 0.00911. The van der Waals surface area contributed by atoms with E-state index < -0.39 is 0 Å². The van der Waals surface area contributed by atoms with Gasteiger partial charge in [-0.3, -0.25) is 9.69 Å². The van der Waals surface area contributed by atoms with E-state index in [1.807, 2.05) is 30.3 Å². The molecule has 2 unspecified atom stereocenters. The van der Waals surface area contributed by atoms with Crippen LogP contribution >= 0.6 is 0 Å². The number of rotatable bonds is 5. The second kappa shape index (κ2) is 8.23. The Bertz CT molecular complexity index is 1030. The SMILES string of the molecule is COc1ccc(C(=O)C2CC3CCCC(C2)N3Cc2ccccc2)c2ccccc12. The fraction of sp³-hybridized carbons (Fsp3) is 0.370. The van der Waals surface area contributed by atoms with Crippen molar-refractivity contribution < 1.29 is 9.53 Å². The molecular formula is C27H29NO2. The summed E-state index contributed by atoms with van der Waals surface area (Å²) in [5.74, 6) is 1.26. The van der Waals surface area contributed by atoms with E-state index in [-0.39, 0.29) is 5.92 Å². The van der Waals surface area contributed by atoms with Crippen molar-refractivity contribution in [1.29, 1.82) is 0 Å². The summed E-state index contributed by atoms with van der Waals surface area (Å²) in [7, 11) is 1.69. The van der Waals surface area contributed by atoms with Gasteiger partial charge in [0.05, 0.1) is 7.11 Å². The standard InChI is InChI=1S/C27H29NO2/c1-30-26-15-14-25(23-12-5-6-13-24(23)26)27(29)20-16-21-10-7-11-22(17-20)28(21)18-19-8-3-2-4-9-19/h2-6,8-9,12-15,20-22H,7,10-11,16-18H2,1H3. The third-order valence-corrected chi connectivity index (χ3v) is 7.07. The number of ketones is 1. The minimum absolute atomic E-state index is 0.115. The molecule has 2 aliphatic rings. The summed E-state index contributed by atoms with van der Waals surface area (Å²) in [6.07, 6.45) is 5.64. The maximum absolute atomic E-state index is 13.7. The molecule has 2 fully saturated rings. The average molecular weight is 400 g/mol. The van der Waals surface area contributed by atoms with Gasteiger partial charge in [0.1, 0.15) is 5.75 Å². The zero-order valence-electron chi connectivity index (χ0n) is 17.6. The van der Waals surface area contributed by atoms with Gasteiger partial charge in [-0.05, 0) is 48.8 Å². The van der Waals surface area contributed by atoms with Crippen LogP contribution in [0.1, 0.15) is 48.0 Å². The maximum atomic E-state index is 13.7.